The second-order valence-electron chi connectivity index (χ2n) is 3.99. The molecule has 0 radical (unpaired) electrons. The van der Waals surface area contributed by atoms with Crippen LogP contribution in [0.1, 0.15) is 40.4 Å². The van der Waals surface area contributed by atoms with Gasteiger partial charge in [-0.05, 0) is 33.1 Å². The van der Waals surface area contributed by atoms with Crippen molar-refractivity contribution in [2.24, 2.45) is 0 Å². The van der Waals surface area contributed by atoms with Crippen molar-refractivity contribution in [3.63, 3.8) is 0 Å². The molecule has 82 valence electrons. The van der Waals surface area contributed by atoms with E-state index in [1.165, 1.54) is 16.2 Å². The van der Waals surface area contributed by atoms with E-state index in [4.69, 9.17) is 9.84 Å². The van der Waals surface area contributed by atoms with Crippen LogP contribution in [0, 0.1) is 0 Å². The first-order chi connectivity index (χ1) is 7.09. The lowest BCUT2D eigenvalue weighted by Crippen LogP contribution is -2.09. The van der Waals surface area contributed by atoms with Gasteiger partial charge in [0.1, 0.15) is 5.75 Å². The Balaban J connectivity index is 2.43. The zero-order chi connectivity index (χ0) is 11.0. The highest BCUT2D eigenvalue weighted by Gasteiger charge is 2.27. The van der Waals surface area contributed by atoms with Gasteiger partial charge >= 0.3 is 5.97 Å². The SMILES string of the molecule is CC(C)Oc1c(C(=O)O)sc2c1CCC2. The molecule has 1 N–H and O–H groups in total. The minimum atomic E-state index is -0.870. The first-order valence-corrected chi connectivity index (χ1v) is 5.95. The van der Waals surface area contributed by atoms with E-state index in [1.54, 1.807) is 0 Å². The predicted molar refractivity (Wildman–Crippen MR) is 59.1 cm³/mol. The number of hydrogen-bond acceptors (Lipinski definition) is 3. The number of hydrogen-bond donors (Lipinski definition) is 1. The number of rotatable bonds is 3. The maximum absolute atomic E-state index is 11.0. The van der Waals surface area contributed by atoms with Gasteiger partial charge in [-0.3, -0.25) is 0 Å². The summed E-state index contributed by atoms with van der Waals surface area (Å²) in [5, 5.41) is 9.07. The second kappa shape index (κ2) is 3.85. The lowest BCUT2D eigenvalue weighted by Gasteiger charge is -2.10. The number of aryl methyl sites for hydroxylation is 1. The average Bonchev–Trinajstić information content (AvgIpc) is 2.66. The molecule has 1 aromatic rings. The molecule has 1 heterocycles. The molecule has 1 aromatic heterocycles. The Bertz CT molecular complexity index is 393. The van der Waals surface area contributed by atoms with E-state index < -0.39 is 5.97 Å². The van der Waals surface area contributed by atoms with Gasteiger partial charge in [-0.1, -0.05) is 0 Å². The molecule has 0 aliphatic heterocycles. The molecule has 2 rings (SSSR count). The van der Waals surface area contributed by atoms with Crippen LogP contribution in [0.4, 0.5) is 0 Å². The first-order valence-electron chi connectivity index (χ1n) is 5.14. The molecule has 15 heavy (non-hydrogen) atoms. The summed E-state index contributed by atoms with van der Waals surface area (Å²) in [5.41, 5.74) is 1.13. The molecule has 1 aliphatic carbocycles. The van der Waals surface area contributed by atoms with Crippen molar-refractivity contribution in [3.05, 3.63) is 15.3 Å². The van der Waals surface area contributed by atoms with Crippen molar-refractivity contribution >= 4 is 17.3 Å². The number of thiophene rings is 1. The molecule has 0 atom stereocenters. The van der Waals surface area contributed by atoms with Gasteiger partial charge in [0.25, 0.3) is 0 Å². The molecular formula is C11H14O3S. The highest BCUT2D eigenvalue weighted by atomic mass is 32.1. The monoisotopic (exact) mass is 226 g/mol. The number of ether oxygens (including phenoxy) is 1. The lowest BCUT2D eigenvalue weighted by molar-refractivity contribution is 0.0696. The van der Waals surface area contributed by atoms with E-state index in [2.05, 4.69) is 0 Å². The fourth-order valence-electron chi connectivity index (χ4n) is 1.88. The molecule has 1 aliphatic rings. The van der Waals surface area contributed by atoms with E-state index in [0.29, 0.717) is 10.6 Å². The van der Waals surface area contributed by atoms with E-state index >= 15 is 0 Å². The maximum Gasteiger partial charge on any atom is 0.349 e. The van der Waals surface area contributed by atoms with Crippen LogP contribution in [-0.2, 0) is 12.8 Å². The van der Waals surface area contributed by atoms with E-state index in [1.807, 2.05) is 13.8 Å². The molecule has 0 unspecified atom stereocenters. The Morgan fingerprint density at radius 1 is 1.47 bits per heavy atom. The summed E-state index contributed by atoms with van der Waals surface area (Å²) in [5.74, 6) is -0.250. The van der Waals surface area contributed by atoms with Crippen molar-refractivity contribution in [3.8, 4) is 5.75 Å². The Labute approximate surface area is 92.7 Å². The van der Waals surface area contributed by atoms with Crippen molar-refractivity contribution in [1.82, 2.24) is 0 Å². The molecule has 0 bridgehead atoms. The molecular weight excluding hydrogens is 212 g/mol. The van der Waals surface area contributed by atoms with Crippen molar-refractivity contribution < 1.29 is 14.6 Å². The summed E-state index contributed by atoms with van der Waals surface area (Å²) < 4.78 is 5.62. The minimum absolute atomic E-state index is 0.0300. The molecule has 0 saturated heterocycles. The number of carboxylic acids is 1. The normalized spacial score (nSPS) is 14.3. The summed E-state index contributed by atoms with van der Waals surface area (Å²) in [6.07, 6.45) is 3.11. The van der Waals surface area contributed by atoms with Gasteiger partial charge in [0.2, 0.25) is 0 Å². The first kappa shape index (κ1) is 10.5. The van der Waals surface area contributed by atoms with E-state index in [-0.39, 0.29) is 6.10 Å². The summed E-state index contributed by atoms with van der Waals surface area (Å²) in [6, 6.07) is 0. The van der Waals surface area contributed by atoms with Gasteiger partial charge in [-0.15, -0.1) is 11.3 Å². The molecule has 0 saturated carbocycles. The number of aromatic carboxylic acids is 1. The molecule has 0 fully saturated rings. The minimum Gasteiger partial charge on any atom is -0.489 e. The third-order valence-corrected chi connectivity index (χ3v) is 3.68. The Kier molecular flexibility index (Phi) is 2.69. The van der Waals surface area contributed by atoms with Crippen LogP contribution in [0.25, 0.3) is 0 Å². The fraction of sp³-hybridized carbons (Fsp3) is 0.545. The number of fused-ring (bicyclic) bond motifs is 1. The van der Waals surface area contributed by atoms with Gasteiger partial charge in [0.05, 0.1) is 6.10 Å². The quantitative estimate of drug-likeness (QED) is 0.862. The largest absolute Gasteiger partial charge is 0.489 e. The van der Waals surface area contributed by atoms with Crippen LogP contribution < -0.4 is 4.74 Å². The zero-order valence-electron chi connectivity index (χ0n) is 8.87. The maximum atomic E-state index is 11.0. The van der Waals surface area contributed by atoms with Gasteiger partial charge < -0.3 is 9.84 Å². The molecule has 0 spiro atoms. The topological polar surface area (TPSA) is 46.5 Å². The molecule has 0 aromatic carbocycles. The summed E-state index contributed by atoms with van der Waals surface area (Å²) in [4.78, 5) is 12.6. The average molecular weight is 226 g/mol. The Morgan fingerprint density at radius 3 is 2.80 bits per heavy atom. The van der Waals surface area contributed by atoms with Crippen molar-refractivity contribution in [1.29, 1.82) is 0 Å². The lowest BCUT2D eigenvalue weighted by atomic mass is 10.2. The fourth-order valence-corrected chi connectivity index (χ4v) is 3.04. The van der Waals surface area contributed by atoms with Gasteiger partial charge in [0.15, 0.2) is 4.88 Å². The summed E-state index contributed by atoms with van der Waals surface area (Å²) >= 11 is 1.37. The van der Waals surface area contributed by atoms with Gasteiger partial charge in [0, 0.05) is 10.4 Å². The third-order valence-electron chi connectivity index (χ3n) is 2.42. The van der Waals surface area contributed by atoms with Crippen molar-refractivity contribution in [2.45, 2.75) is 39.2 Å². The van der Waals surface area contributed by atoms with Gasteiger partial charge in [-0.2, -0.15) is 0 Å². The zero-order valence-corrected chi connectivity index (χ0v) is 9.69. The van der Waals surface area contributed by atoms with Gasteiger partial charge in [-0.25, -0.2) is 4.79 Å². The molecule has 3 nitrogen and oxygen atoms in total. The highest BCUT2D eigenvalue weighted by molar-refractivity contribution is 7.14. The van der Waals surface area contributed by atoms with Crippen molar-refractivity contribution in [2.75, 3.05) is 0 Å². The number of carboxylic acid groups (broad SMARTS) is 1. The Morgan fingerprint density at radius 2 is 2.20 bits per heavy atom. The van der Waals surface area contributed by atoms with Crippen LogP contribution in [0.15, 0.2) is 0 Å². The number of carbonyl (C=O) groups is 1. The summed E-state index contributed by atoms with van der Waals surface area (Å²) in [6.45, 7) is 3.84. The molecule has 4 heteroatoms. The third kappa shape index (κ3) is 1.86. The standard InChI is InChI=1S/C11H14O3S/c1-6(2)14-9-7-4-3-5-8(7)15-10(9)11(12)13/h6H,3-5H2,1-2H3,(H,12,13). The Hall–Kier alpha value is -1.03. The highest BCUT2D eigenvalue weighted by Crippen LogP contribution is 2.41. The second-order valence-corrected chi connectivity index (χ2v) is 5.09. The summed E-state index contributed by atoms with van der Waals surface area (Å²) in [7, 11) is 0. The van der Waals surface area contributed by atoms with E-state index in [0.717, 1.165) is 24.8 Å². The molecule has 0 amide bonds. The smallest absolute Gasteiger partial charge is 0.349 e. The van der Waals surface area contributed by atoms with Crippen LogP contribution in [0.3, 0.4) is 0 Å². The van der Waals surface area contributed by atoms with Crippen LogP contribution >= 0.6 is 11.3 Å². The van der Waals surface area contributed by atoms with Crippen LogP contribution in [-0.4, -0.2) is 17.2 Å². The van der Waals surface area contributed by atoms with Crippen LogP contribution in [0.5, 0.6) is 5.75 Å². The van der Waals surface area contributed by atoms with Crippen LogP contribution in [0.2, 0.25) is 0 Å². The predicted octanol–water partition coefficient (Wildman–Crippen LogP) is 2.72. The van der Waals surface area contributed by atoms with E-state index in [9.17, 15) is 4.79 Å².